The van der Waals surface area contributed by atoms with Crippen molar-refractivity contribution in [3.8, 4) is 0 Å². The molecule has 0 aliphatic rings. The fourth-order valence-electron chi connectivity index (χ4n) is 13.4. The zero-order valence-corrected chi connectivity index (χ0v) is 71.9. The normalized spacial score (nSPS) is 14.4. The average molecular weight is 1550 g/mol. The van der Waals surface area contributed by atoms with E-state index < -0.39 is 97.5 Å². The molecule has 0 aromatic carbocycles. The lowest BCUT2D eigenvalue weighted by Crippen LogP contribution is -2.30. The summed E-state index contributed by atoms with van der Waals surface area (Å²) < 4.78 is 68.9. The summed E-state index contributed by atoms with van der Waals surface area (Å²) in [4.78, 5) is 73.2. The highest BCUT2D eigenvalue weighted by molar-refractivity contribution is 7.47. The highest BCUT2D eigenvalue weighted by Crippen LogP contribution is 2.45. The molecule has 5 unspecified atom stereocenters. The number of carbonyl (C=O) groups is 4. The van der Waals surface area contributed by atoms with Crippen molar-refractivity contribution in [1.29, 1.82) is 0 Å². The third-order valence-electron chi connectivity index (χ3n) is 21.0. The molecular weight excluding hydrogens is 1380 g/mol. The van der Waals surface area contributed by atoms with Crippen molar-refractivity contribution in [2.24, 2.45) is 23.7 Å². The number of aliphatic hydroxyl groups is 1. The molecule has 0 aliphatic carbocycles. The Kier molecular flexibility index (Phi) is 74.3. The van der Waals surface area contributed by atoms with Gasteiger partial charge in [-0.2, -0.15) is 0 Å². The minimum absolute atomic E-state index is 0.107. The molecule has 0 saturated carbocycles. The van der Waals surface area contributed by atoms with E-state index in [9.17, 15) is 43.2 Å². The summed E-state index contributed by atoms with van der Waals surface area (Å²) in [6.07, 6.45) is 65.4. The molecule has 0 amide bonds. The van der Waals surface area contributed by atoms with Crippen molar-refractivity contribution in [1.82, 2.24) is 0 Å². The molecule has 7 atom stereocenters. The van der Waals surface area contributed by atoms with Crippen LogP contribution in [0, 0.1) is 23.7 Å². The van der Waals surface area contributed by atoms with Crippen molar-refractivity contribution < 1.29 is 80.2 Å². The van der Waals surface area contributed by atoms with E-state index >= 15 is 0 Å². The van der Waals surface area contributed by atoms with Crippen LogP contribution < -0.4 is 0 Å². The SMILES string of the molecule is CCC(C)CCCCCCCCCCCCCCCCCCCCC(=O)O[C@H](COC(=O)CCCCCCCCCCCCC(C)CC)COP(=O)(O)OCC(O)COP(=O)(O)OC[C@@H](COC(=O)CCCCCCCCC(C)C)OC(=O)CCCCCCCCCCCCCCCCCCCCC(C)C. The molecule has 3 N–H and O–H groups in total. The molecule has 0 heterocycles. The van der Waals surface area contributed by atoms with E-state index in [-0.39, 0.29) is 25.7 Å². The maximum atomic E-state index is 13.1. The van der Waals surface area contributed by atoms with Crippen LogP contribution in [-0.4, -0.2) is 96.7 Å². The summed E-state index contributed by atoms with van der Waals surface area (Å²) in [5, 5.41) is 10.7. The van der Waals surface area contributed by atoms with Gasteiger partial charge in [-0.25, -0.2) is 9.13 Å². The van der Waals surface area contributed by atoms with Crippen LogP contribution in [0.3, 0.4) is 0 Å². The standard InChI is InChI=1S/C87H170O17P2/c1-9-79(7)65-57-49-40-34-28-24-20-16-12-14-18-22-26-30-38-44-53-61-69-86(91)103-82(73-97-84(89)67-59-51-42-36-32-31-35-41-50-58-66-80(8)10-2)75-101-105(93,94)99-71-81(88)72-100-106(95,96)102-76-83(74-98-85(90)68-60-52-46-45-48-56-64-78(5)6)104-87(92)70-62-54-43-37-29-25-21-17-13-11-15-19-23-27-33-39-47-55-63-77(3)4/h77-83,88H,9-76H2,1-8H3,(H,93,94)(H,95,96)/t79?,80?,81?,82-,83-/m1/s1. The summed E-state index contributed by atoms with van der Waals surface area (Å²) in [7, 11) is -9.93. The van der Waals surface area contributed by atoms with Crippen molar-refractivity contribution in [3.63, 3.8) is 0 Å². The Morgan fingerprint density at radius 3 is 0.670 bits per heavy atom. The first-order valence-electron chi connectivity index (χ1n) is 44.8. The second-order valence-corrected chi connectivity index (χ2v) is 35.6. The van der Waals surface area contributed by atoms with E-state index in [4.69, 9.17) is 37.0 Å². The third-order valence-corrected chi connectivity index (χ3v) is 22.9. The van der Waals surface area contributed by atoms with Crippen LogP contribution >= 0.6 is 15.6 Å². The van der Waals surface area contributed by atoms with E-state index in [1.807, 2.05) is 0 Å². The fraction of sp³-hybridized carbons (Fsp3) is 0.954. The van der Waals surface area contributed by atoms with E-state index in [1.54, 1.807) is 0 Å². The number of unbranched alkanes of at least 4 members (excludes halogenated alkanes) is 48. The molecule has 0 bridgehead atoms. The smallest absolute Gasteiger partial charge is 0.462 e. The van der Waals surface area contributed by atoms with Crippen LogP contribution in [0.15, 0.2) is 0 Å². The Morgan fingerprint density at radius 2 is 0.453 bits per heavy atom. The molecule has 0 aliphatic heterocycles. The average Bonchev–Trinajstić information content (AvgIpc) is 0.915. The van der Waals surface area contributed by atoms with Crippen LogP contribution in [0.5, 0.6) is 0 Å². The topological polar surface area (TPSA) is 237 Å². The van der Waals surface area contributed by atoms with Gasteiger partial charge in [0.05, 0.1) is 26.4 Å². The largest absolute Gasteiger partial charge is 0.472 e. The zero-order chi connectivity index (χ0) is 78.1. The molecular formula is C87H170O17P2. The van der Waals surface area contributed by atoms with Gasteiger partial charge in [0.2, 0.25) is 0 Å². The van der Waals surface area contributed by atoms with Gasteiger partial charge in [-0.05, 0) is 49.4 Å². The van der Waals surface area contributed by atoms with Crippen molar-refractivity contribution in [2.45, 2.75) is 472 Å². The molecule has 630 valence electrons. The summed E-state index contributed by atoms with van der Waals surface area (Å²) in [6.45, 7) is 14.3. The predicted molar refractivity (Wildman–Crippen MR) is 437 cm³/mol. The molecule has 0 fully saturated rings. The number of aliphatic hydroxyl groups excluding tert-OH is 1. The molecule has 0 spiro atoms. The van der Waals surface area contributed by atoms with Gasteiger partial charge in [-0.1, -0.05) is 402 Å². The number of rotatable bonds is 84. The first kappa shape index (κ1) is 104. The number of carbonyl (C=O) groups excluding carboxylic acids is 4. The molecule has 19 heteroatoms. The molecule has 0 saturated heterocycles. The summed E-state index contributed by atoms with van der Waals surface area (Å²) in [5.41, 5.74) is 0. The van der Waals surface area contributed by atoms with Crippen molar-refractivity contribution >= 4 is 39.5 Å². The number of hydrogen-bond acceptors (Lipinski definition) is 15. The van der Waals surface area contributed by atoms with Crippen molar-refractivity contribution in [3.05, 3.63) is 0 Å². The van der Waals surface area contributed by atoms with E-state index in [0.717, 1.165) is 114 Å². The Morgan fingerprint density at radius 1 is 0.264 bits per heavy atom. The monoisotopic (exact) mass is 1550 g/mol. The maximum Gasteiger partial charge on any atom is 0.472 e. The summed E-state index contributed by atoms with van der Waals surface area (Å²) >= 11 is 0. The van der Waals surface area contributed by atoms with Gasteiger partial charge >= 0.3 is 39.5 Å². The van der Waals surface area contributed by atoms with Crippen LogP contribution in [-0.2, 0) is 65.4 Å². The molecule has 106 heavy (non-hydrogen) atoms. The summed E-state index contributed by atoms with van der Waals surface area (Å²) in [6, 6.07) is 0. The first-order valence-corrected chi connectivity index (χ1v) is 47.8. The minimum Gasteiger partial charge on any atom is -0.462 e. The van der Waals surface area contributed by atoms with Crippen LogP contribution in [0.2, 0.25) is 0 Å². The van der Waals surface area contributed by atoms with E-state index in [1.165, 1.54) is 250 Å². The van der Waals surface area contributed by atoms with E-state index in [2.05, 4.69) is 55.4 Å². The predicted octanol–water partition coefficient (Wildman–Crippen LogP) is 26.3. The van der Waals surface area contributed by atoms with Gasteiger partial charge < -0.3 is 33.8 Å². The van der Waals surface area contributed by atoms with Crippen LogP contribution in [0.25, 0.3) is 0 Å². The highest BCUT2D eigenvalue weighted by Gasteiger charge is 2.31. The quantitative estimate of drug-likeness (QED) is 0.0222. The molecule has 0 aromatic rings. The second kappa shape index (κ2) is 75.7. The van der Waals surface area contributed by atoms with Crippen LogP contribution in [0.4, 0.5) is 0 Å². The van der Waals surface area contributed by atoms with Gasteiger partial charge in [0, 0.05) is 25.7 Å². The highest BCUT2D eigenvalue weighted by atomic mass is 31.2. The second-order valence-electron chi connectivity index (χ2n) is 32.7. The lowest BCUT2D eigenvalue weighted by Gasteiger charge is -2.21. The molecule has 0 radical (unpaired) electrons. The maximum absolute atomic E-state index is 13.1. The number of ether oxygens (including phenoxy) is 4. The Balaban J connectivity index is 5.17. The number of phosphoric ester groups is 2. The van der Waals surface area contributed by atoms with E-state index in [0.29, 0.717) is 31.6 Å². The van der Waals surface area contributed by atoms with Gasteiger partial charge in [-0.3, -0.25) is 37.3 Å². The van der Waals surface area contributed by atoms with Gasteiger partial charge in [-0.15, -0.1) is 0 Å². The fourth-order valence-corrected chi connectivity index (χ4v) is 15.0. The number of esters is 4. The molecule has 0 aromatic heterocycles. The Labute approximate surface area is 651 Å². The Bertz CT molecular complexity index is 2060. The Hall–Kier alpha value is -1.94. The van der Waals surface area contributed by atoms with Gasteiger partial charge in [0.15, 0.2) is 12.2 Å². The lowest BCUT2D eigenvalue weighted by molar-refractivity contribution is -0.161. The first-order chi connectivity index (χ1) is 51.2. The molecule has 0 rings (SSSR count). The third kappa shape index (κ3) is 77.4. The zero-order valence-electron chi connectivity index (χ0n) is 70.1. The lowest BCUT2D eigenvalue weighted by atomic mass is 9.99. The van der Waals surface area contributed by atoms with Crippen LogP contribution in [0.1, 0.15) is 453 Å². The van der Waals surface area contributed by atoms with Gasteiger partial charge in [0.25, 0.3) is 0 Å². The van der Waals surface area contributed by atoms with Gasteiger partial charge in [0.1, 0.15) is 19.3 Å². The minimum atomic E-state index is -4.97. The number of hydrogen-bond donors (Lipinski definition) is 3. The van der Waals surface area contributed by atoms with Crippen molar-refractivity contribution in [2.75, 3.05) is 39.6 Å². The number of phosphoric acid groups is 2. The molecule has 17 nitrogen and oxygen atoms in total. The summed E-state index contributed by atoms with van der Waals surface area (Å²) in [5.74, 6) is 1.07.